The van der Waals surface area contributed by atoms with Gasteiger partial charge in [0.05, 0.1) is 23.3 Å². The third-order valence-corrected chi connectivity index (χ3v) is 1.86. The number of nitrogen functional groups attached to an aromatic ring is 1. The van der Waals surface area contributed by atoms with Crippen LogP contribution in [0.3, 0.4) is 0 Å². The van der Waals surface area contributed by atoms with E-state index in [4.69, 9.17) is 5.73 Å². The third-order valence-electron chi connectivity index (χ3n) is 1.86. The van der Waals surface area contributed by atoms with Gasteiger partial charge in [0, 0.05) is 5.69 Å². The Morgan fingerprint density at radius 3 is 2.17 bits per heavy atom. The Morgan fingerprint density at radius 1 is 1.17 bits per heavy atom. The summed E-state index contributed by atoms with van der Waals surface area (Å²) in [5.74, 6) is 0. The third kappa shape index (κ3) is 4.51. The number of anilines is 1. The van der Waals surface area contributed by atoms with Crippen LogP contribution in [-0.4, -0.2) is 56.8 Å². The number of hydrogen-bond donors (Lipinski definition) is 3. The summed E-state index contributed by atoms with van der Waals surface area (Å²) in [5.41, 5.74) is 5.14. The molecule has 0 aliphatic rings. The summed E-state index contributed by atoms with van der Waals surface area (Å²) in [4.78, 5) is 22.4. The Labute approximate surface area is 128 Å². The second-order valence-electron chi connectivity index (χ2n) is 3.42. The molecule has 94 valence electrons. The van der Waals surface area contributed by atoms with Crippen molar-refractivity contribution < 1.29 is 4.55 Å². The Balaban J connectivity index is 0.000000512. The minimum atomic E-state index is -0.611. The molecule has 2 aromatic rings. The Bertz CT molecular complexity index is 621. The molecule has 0 atom stereocenters. The van der Waals surface area contributed by atoms with Gasteiger partial charge in [0.15, 0.2) is 0 Å². The molecule has 0 amide bonds. The fourth-order valence-corrected chi connectivity index (χ4v) is 1.26. The van der Waals surface area contributed by atoms with Gasteiger partial charge in [-0.05, 0) is 12.1 Å². The molecule has 0 aliphatic heterocycles. The number of aromatic nitrogens is 2. The van der Waals surface area contributed by atoms with Crippen LogP contribution < -0.4 is 16.9 Å². The van der Waals surface area contributed by atoms with E-state index < -0.39 is 11.2 Å². The summed E-state index contributed by atoms with van der Waals surface area (Å²) in [5, 5.41) is 4.98. The van der Waals surface area contributed by atoms with Crippen LogP contribution in [0.4, 0.5) is 5.69 Å². The molecule has 0 saturated heterocycles. The van der Waals surface area contributed by atoms with Crippen molar-refractivity contribution in [1.29, 1.82) is 0 Å². The van der Waals surface area contributed by atoms with Gasteiger partial charge in [-0.2, -0.15) is 0 Å². The molecule has 0 radical (unpaired) electrons. The van der Waals surface area contributed by atoms with Crippen molar-refractivity contribution >= 4 is 57.2 Å². The van der Waals surface area contributed by atoms with Crippen molar-refractivity contribution in [1.82, 2.24) is 10.2 Å². The van der Waals surface area contributed by atoms with Gasteiger partial charge in [-0.15, -0.1) is 0 Å². The number of aromatic amines is 2. The van der Waals surface area contributed by atoms with Gasteiger partial charge in [0.25, 0.3) is 11.1 Å². The molecule has 6 nitrogen and oxygen atoms in total. The van der Waals surface area contributed by atoms with Crippen molar-refractivity contribution in [2.75, 3.05) is 18.2 Å². The summed E-state index contributed by atoms with van der Waals surface area (Å²) in [6.45, 7) is 0. The van der Waals surface area contributed by atoms with E-state index in [-0.39, 0.29) is 46.1 Å². The average Bonchev–Trinajstić information content (AvgIpc) is 2.23. The number of nitrogens with two attached hydrogens (primary N) is 1. The van der Waals surface area contributed by atoms with Crippen LogP contribution in [0.5, 0.6) is 0 Å². The van der Waals surface area contributed by atoms with E-state index in [0.29, 0.717) is 11.1 Å². The van der Waals surface area contributed by atoms with Crippen LogP contribution in [-0.2, 0) is 11.2 Å². The summed E-state index contributed by atoms with van der Waals surface area (Å²) in [6.07, 6.45) is 3.28. The monoisotopic (exact) mass is 279 g/mol. The van der Waals surface area contributed by atoms with E-state index in [0.717, 1.165) is 0 Å². The van der Waals surface area contributed by atoms with Crippen molar-refractivity contribution in [3.05, 3.63) is 38.9 Å². The van der Waals surface area contributed by atoms with E-state index in [9.17, 15) is 14.1 Å². The number of nitrogens with one attached hydrogen (secondary N) is 2. The van der Waals surface area contributed by atoms with Gasteiger partial charge in [0.2, 0.25) is 0 Å². The molecule has 0 bridgehead atoms. The molecule has 0 saturated carbocycles. The maximum absolute atomic E-state index is 11.2. The van der Waals surface area contributed by atoms with Crippen molar-refractivity contribution in [2.24, 2.45) is 0 Å². The summed E-state index contributed by atoms with van der Waals surface area (Å²) in [6, 6.07) is 4.77. The van der Waals surface area contributed by atoms with Gasteiger partial charge >= 0.3 is 29.6 Å². The van der Waals surface area contributed by atoms with Crippen LogP contribution >= 0.6 is 0 Å². The van der Waals surface area contributed by atoms with Crippen molar-refractivity contribution in [3.8, 4) is 0 Å². The fourth-order valence-electron chi connectivity index (χ4n) is 1.26. The maximum atomic E-state index is 11.2. The zero-order valence-corrected chi connectivity index (χ0v) is 10.3. The van der Waals surface area contributed by atoms with Crippen LogP contribution in [0, 0.1) is 0 Å². The quantitative estimate of drug-likeness (QED) is 0.331. The molecular formula is C10H14N3NaO3S. The minimum absolute atomic E-state index is 0. The summed E-state index contributed by atoms with van der Waals surface area (Å²) >= 11 is -0.611. The number of hydrogen-bond acceptors (Lipinski definition) is 4. The first kappa shape index (κ1) is 17.3. The molecule has 1 aromatic heterocycles. The first-order valence-electron chi connectivity index (χ1n) is 4.67. The standard InChI is InChI=1S/C8H7N3O2.C2H6OS.Na.H/c9-5-3-1-2-4-6(5)8(13)11-10-7(4)12;1-4(2)3;;/h1-3H,9H2,(H,10,12)(H,11,13);1-2H3;;. The van der Waals surface area contributed by atoms with E-state index in [1.165, 1.54) is 0 Å². The molecule has 18 heavy (non-hydrogen) atoms. The number of benzene rings is 1. The second-order valence-corrected chi connectivity index (χ2v) is 4.90. The Morgan fingerprint density at radius 2 is 1.67 bits per heavy atom. The predicted octanol–water partition coefficient (Wildman–Crippen LogP) is -0.855. The first-order valence-corrected chi connectivity index (χ1v) is 6.64. The van der Waals surface area contributed by atoms with E-state index in [2.05, 4.69) is 10.2 Å². The van der Waals surface area contributed by atoms with Gasteiger partial charge in [-0.25, -0.2) is 0 Å². The van der Waals surface area contributed by atoms with Gasteiger partial charge in [-0.1, -0.05) is 17.2 Å². The average molecular weight is 279 g/mol. The molecule has 2 rings (SSSR count). The Hall–Kier alpha value is -0.730. The Kier molecular flexibility index (Phi) is 7.34. The van der Waals surface area contributed by atoms with E-state index >= 15 is 0 Å². The zero-order valence-electron chi connectivity index (χ0n) is 9.44. The number of rotatable bonds is 0. The molecular weight excluding hydrogens is 265 g/mol. The van der Waals surface area contributed by atoms with Crippen molar-refractivity contribution in [2.45, 2.75) is 0 Å². The van der Waals surface area contributed by atoms with Crippen LogP contribution in [0.15, 0.2) is 27.8 Å². The molecule has 0 unspecified atom stereocenters. The number of fused-ring (bicyclic) bond motifs is 1. The van der Waals surface area contributed by atoms with E-state index in [1.807, 2.05) is 0 Å². The topological polar surface area (TPSA) is 115 Å². The van der Waals surface area contributed by atoms with Gasteiger partial charge < -0.3 is 10.3 Å². The van der Waals surface area contributed by atoms with E-state index in [1.54, 1.807) is 30.7 Å². The van der Waals surface area contributed by atoms with Gasteiger partial charge in [0.1, 0.15) is 0 Å². The number of H-pyrrole nitrogens is 2. The van der Waals surface area contributed by atoms with Crippen LogP contribution in [0.1, 0.15) is 0 Å². The first-order chi connectivity index (χ1) is 7.93. The molecule has 4 N–H and O–H groups in total. The molecule has 0 fully saturated rings. The van der Waals surface area contributed by atoms with Crippen LogP contribution in [0.2, 0.25) is 0 Å². The summed E-state index contributed by atoms with van der Waals surface area (Å²) in [7, 11) is 0. The molecule has 8 heteroatoms. The normalized spacial score (nSPS) is 9.56. The van der Waals surface area contributed by atoms with Gasteiger partial charge in [-0.3, -0.25) is 19.8 Å². The zero-order chi connectivity index (χ0) is 13.0. The molecule has 0 aliphatic carbocycles. The van der Waals surface area contributed by atoms with Crippen molar-refractivity contribution in [3.63, 3.8) is 0 Å². The molecule has 1 aromatic carbocycles. The predicted molar refractivity (Wildman–Crippen MR) is 76.7 cm³/mol. The fraction of sp³-hybridized carbons (Fsp3) is 0.200. The molecule has 0 spiro atoms. The molecule has 1 heterocycles. The SMILES string of the molecule is C[S+](C)[O-].Nc1cccc2c(=O)[nH][nH]c(=O)c12.[NaH]. The second kappa shape index (κ2) is 7.65. The summed E-state index contributed by atoms with van der Waals surface area (Å²) < 4.78 is 9.56. The van der Waals surface area contributed by atoms with Crippen LogP contribution in [0.25, 0.3) is 10.8 Å².